The predicted octanol–water partition coefficient (Wildman–Crippen LogP) is 7.60. The van der Waals surface area contributed by atoms with Crippen LogP contribution >= 0.6 is 0 Å². The van der Waals surface area contributed by atoms with Crippen molar-refractivity contribution in [1.82, 2.24) is 4.48 Å². The average molecular weight is 511 g/mol. The second-order valence-electron chi connectivity index (χ2n) is 7.86. The van der Waals surface area contributed by atoms with Gasteiger partial charge in [0.1, 0.15) is 11.4 Å². The number of quaternary nitrogens is 1. The zero-order valence-electron chi connectivity index (χ0n) is 24.8. The second-order valence-corrected chi connectivity index (χ2v) is 7.86. The largest absolute Gasteiger partial charge is 0.497 e. The van der Waals surface area contributed by atoms with Crippen LogP contribution in [0.3, 0.4) is 0 Å². The quantitative estimate of drug-likeness (QED) is 0.195. The van der Waals surface area contributed by atoms with Crippen molar-refractivity contribution < 1.29 is 19.1 Å². The topological polar surface area (TPSA) is 52.6 Å². The van der Waals surface area contributed by atoms with Crippen molar-refractivity contribution in [1.29, 1.82) is 0 Å². The normalized spacial score (nSPS) is 9.27. The summed E-state index contributed by atoms with van der Waals surface area (Å²) in [6, 6.07) is 24.4. The van der Waals surface area contributed by atoms with Gasteiger partial charge in [-0.3, -0.25) is 14.1 Å². The van der Waals surface area contributed by atoms with Gasteiger partial charge in [0, 0.05) is 11.1 Å². The minimum Gasteiger partial charge on any atom is -0.497 e. The summed E-state index contributed by atoms with van der Waals surface area (Å²) in [5.74, 6) is 0.584. The van der Waals surface area contributed by atoms with Crippen LogP contribution in [-0.2, 0) is 16.0 Å². The van der Waals surface area contributed by atoms with Crippen LogP contribution in [0, 0.1) is 0 Å². The molecule has 0 fully saturated rings. The highest BCUT2D eigenvalue weighted by Gasteiger charge is 2.12. The van der Waals surface area contributed by atoms with Crippen molar-refractivity contribution in [3.63, 3.8) is 0 Å². The summed E-state index contributed by atoms with van der Waals surface area (Å²) in [7, 11) is 9.33. The summed E-state index contributed by atoms with van der Waals surface area (Å²) in [5.41, 5.74) is 3.57. The molecule has 0 amide bonds. The summed E-state index contributed by atoms with van der Waals surface area (Å²) in [5, 5.41) is 0. The van der Waals surface area contributed by atoms with Gasteiger partial charge in [-0.15, -0.1) is 0 Å². The molecule has 0 atom stereocenters. The highest BCUT2D eigenvalue weighted by atomic mass is 16.5. The maximum absolute atomic E-state index is 12.0. The van der Waals surface area contributed by atoms with Gasteiger partial charge in [0.05, 0.1) is 41.8 Å². The molecule has 0 unspecified atom stereocenters. The molecule has 3 aromatic rings. The number of hydrogen-bond acceptors (Lipinski definition) is 4. The minimum absolute atomic E-state index is 0.0308. The SMILES string of the molecule is CC.CC.CC.COC(=O)Cc1ccc([N+](C)(C)C)cc1.COc1ccc(C(=O)c2ccccc2)cc1. The number of carbonyl (C=O) groups is 2. The van der Waals surface area contributed by atoms with Crippen LogP contribution in [0.2, 0.25) is 0 Å². The number of esters is 1. The third-order valence-electron chi connectivity index (χ3n) is 4.68. The minimum atomic E-state index is -0.201. The molecule has 37 heavy (non-hydrogen) atoms. The molecule has 0 heterocycles. The molecule has 0 saturated carbocycles. The molecule has 0 spiro atoms. The Morgan fingerprint density at radius 1 is 0.649 bits per heavy atom. The van der Waals surface area contributed by atoms with Gasteiger partial charge in [0.2, 0.25) is 0 Å². The zero-order chi connectivity index (χ0) is 28.9. The first-order chi connectivity index (χ1) is 17.7. The fourth-order valence-corrected chi connectivity index (χ4v) is 2.80. The van der Waals surface area contributed by atoms with Crippen LogP contribution in [0.4, 0.5) is 5.69 Å². The number of nitrogens with zero attached hydrogens (tertiary/aromatic N) is 1. The lowest BCUT2D eigenvalue weighted by molar-refractivity contribution is -0.139. The van der Waals surface area contributed by atoms with Crippen LogP contribution in [0.5, 0.6) is 5.75 Å². The van der Waals surface area contributed by atoms with Gasteiger partial charge in [-0.1, -0.05) is 84.0 Å². The van der Waals surface area contributed by atoms with E-state index in [1.165, 1.54) is 12.8 Å². The Morgan fingerprint density at radius 3 is 1.51 bits per heavy atom. The van der Waals surface area contributed by atoms with Crippen LogP contribution in [0.15, 0.2) is 78.9 Å². The third-order valence-corrected chi connectivity index (χ3v) is 4.68. The summed E-state index contributed by atoms with van der Waals surface area (Å²) >= 11 is 0. The van der Waals surface area contributed by atoms with E-state index in [0.717, 1.165) is 15.8 Å². The van der Waals surface area contributed by atoms with E-state index in [1.54, 1.807) is 31.4 Å². The number of ketones is 1. The molecule has 0 bridgehead atoms. The molecule has 0 N–H and O–H groups in total. The Labute approximate surface area is 225 Å². The van der Waals surface area contributed by atoms with E-state index in [-0.39, 0.29) is 11.8 Å². The molecule has 204 valence electrons. The van der Waals surface area contributed by atoms with E-state index in [9.17, 15) is 9.59 Å². The summed E-state index contributed by atoms with van der Waals surface area (Å²) in [6.45, 7) is 12.0. The fraction of sp³-hybridized carbons (Fsp3) is 0.375. The molecule has 0 radical (unpaired) electrons. The monoisotopic (exact) mass is 510 g/mol. The number of carbonyl (C=O) groups excluding carboxylic acids is 2. The van der Waals surface area contributed by atoms with Crippen LogP contribution in [0.25, 0.3) is 0 Å². The maximum atomic E-state index is 12.0. The molecule has 3 aromatic carbocycles. The van der Waals surface area contributed by atoms with Crippen LogP contribution < -0.4 is 9.22 Å². The van der Waals surface area contributed by atoms with Crippen molar-refractivity contribution >= 4 is 17.4 Å². The first-order valence-corrected chi connectivity index (χ1v) is 13.0. The molecular formula is C32H48NO4+. The Bertz CT molecular complexity index is 974. The highest BCUT2D eigenvalue weighted by molar-refractivity contribution is 6.08. The van der Waals surface area contributed by atoms with E-state index in [4.69, 9.17) is 4.74 Å². The molecule has 5 nitrogen and oxygen atoms in total. The Balaban J connectivity index is 0. The lowest BCUT2D eigenvalue weighted by atomic mass is 10.0. The Kier molecular flexibility index (Phi) is 20.0. The van der Waals surface area contributed by atoms with Crippen molar-refractivity contribution in [3.05, 3.63) is 95.6 Å². The number of rotatable bonds is 6. The molecule has 3 rings (SSSR count). The van der Waals surface area contributed by atoms with Gasteiger partial charge in [-0.2, -0.15) is 0 Å². The Hall–Kier alpha value is -3.44. The van der Waals surface area contributed by atoms with Crippen LogP contribution in [-0.4, -0.2) is 47.1 Å². The van der Waals surface area contributed by atoms with E-state index < -0.39 is 0 Å². The van der Waals surface area contributed by atoms with E-state index >= 15 is 0 Å². The van der Waals surface area contributed by atoms with E-state index in [1.807, 2.05) is 96.1 Å². The van der Waals surface area contributed by atoms with Crippen LogP contribution in [0.1, 0.15) is 63.0 Å². The summed E-state index contributed by atoms with van der Waals surface area (Å²) < 4.78 is 10.4. The van der Waals surface area contributed by atoms with Gasteiger partial charge in [0.25, 0.3) is 0 Å². The van der Waals surface area contributed by atoms with E-state index in [2.05, 4.69) is 25.9 Å². The predicted molar refractivity (Wildman–Crippen MR) is 159 cm³/mol. The number of methoxy groups -OCH3 is 2. The van der Waals surface area contributed by atoms with Crippen molar-refractivity contribution in [3.8, 4) is 5.75 Å². The number of ether oxygens (including phenoxy) is 2. The van der Waals surface area contributed by atoms with Gasteiger partial charge in [-0.25, -0.2) is 0 Å². The molecule has 0 saturated heterocycles. The smallest absolute Gasteiger partial charge is 0.309 e. The van der Waals surface area contributed by atoms with Crippen molar-refractivity contribution in [2.75, 3.05) is 35.4 Å². The van der Waals surface area contributed by atoms with Gasteiger partial charge in [-0.05, 0) is 42.0 Å². The summed E-state index contributed by atoms with van der Waals surface area (Å²) in [4.78, 5) is 23.0. The first kappa shape index (κ1) is 35.7. The molecule has 0 aromatic heterocycles. The lowest BCUT2D eigenvalue weighted by Crippen LogP contribution is -2.34. The third kappa shape index (κ3) is 14.0. The second kappa shape index (κ2) is 20.7. The maximum Gasteiger partial charge on any atom is 0.309 e. The standard InChI is InChI=1S/C14H12O2.C12H18NO2.3C2H6/c1-16-13-9-7-12(8-10-13)14(15)11-5-3-2-4-6-11;1-13(2,3)11-7-5-10(6-8-11)9-12(14)15-4;3*1-2/h2-10H,1H3;5-8H,9H2,1-4H3;3*1-2H3/q;+1;;;. The van der Waals surface area contributed by atoms with Crippen molar-refractivity contribution in [2.45, 2.75) is 48.0 Å². The highest BCUT2D eigenvalue weighted by Crippen LogP contribution is 2.17. The average Bonchev–Trinajstić information content (AvgIpc) is 2.96. The molecule has 0 aliphatic heterocycles. The van der Waals surface area contributed by atoms with Crippen molar-refractivity contribution in [2.24, 2.45) is 0 Å². The van der Waals surface area contributed by atoms with E-state index in [0.29, 0.717) is 17.5 Å². The lowest BCUT2D eigenvalue weighted by Gasteiger charge is -2.23. The molecule has 0 aliphatic carbocycles. The Morgan fingerprint density at radius 2 is 1.11 bits per heavy atom. The molecular weight excluding hydrogens is 462 g/mol. The number of benzene rings is 3. The van der Waals surface area contributed by atoms with Gasteiger partial charge in [0.15, 0.2) is 5.78 Å². The zero-order valence-corrected chi connectivity index (χ0v) is 24.8. The first-order valence-electron chi connectivity index (χ1n) is 13.0. The van der Waals surface area contributed by atoms with Gasteiger partial charge < -0.3 is 9.47 Å². The summed E-state index contributed by atoms with van der Waals surface area (Å²) in [6.07, 6.45) is 0.341. The fourth-order valence-electron chi connectivity index (χ4n) is 2.80. The number of hydrogen-bond donors (Lipinski definition) is 0. The molecule has 5 heteroatoms. The molecule has 0 aliphatic rings. The van der Waals surface area contributed by atoms with Gasteiger partial charge >= 0.3 is 5.97 Å².